The quantitative estimate of drug-likeness (QED) is 0.184. The van der Waals surface area contributed by atoms with E-state index in [1.165, 1.54) is 0 Å². The highest BCUT2D eigenvalue weighted by molar-refractivity contribution is 6.10. The molecule has 0 unspecified atom stereocenters. The van der Waals surface area contributed by atoms with Gasteiger partial charge in [-0.05, 0) is 87.0 Å². The zero-order chi connectivity index (χ0) is 34.6. The van der Waals surface area contributed by atoms with Crippen molar-refractivity contribution in [1.29, 1.82) is 5.26 Å². The number of hydrogen-bond donors (Lipinski definition) is 0. The molecular formula is C49H29NO2. The summed E-state index contributed by atoms with van der Waals surface area (Å²) in [4.78, 5) is 0. The predicted molar refractivity (Wildman–Crippen MR) is 213 cm³/mol. The minimum Gasteiger partial charge on any atom is -0.455 e. The normalized spacial score (nSPS) is 11.4. The molecule has 0 N–H and O–H groups in total. The Morgan fingerprint density at radius 2 is 0.750 bits per heavy atom. The fraction of sp³-hybridized carbons (Fsp3) is 0. The van der Waals surface area contributed by atoms with Crippen LogP contribution < -0.4 is 0 Å². The minimum absolute atomic E-state index is 0.606. The van der Waals surface area contributed by atoms with Gasteiger partial charge in [0, 0.05) is 32.7 Å². The van der Waals surface area contributed by atoms with Crippen molar-refractivity contribution in [2.75, 3.05) is 0 Å². The fourth-order valence-electron chi connectivity index (χ4n) is 7.56. The molecule has 0 spiro atoms. The zero-order valence-electron chi connectivity index (χ0n) is 28.0. The monoisotopic (exact) mass is 663 g/mol. The zero-order valence-corrected chi connectivity index (χ0v) is 28.0. The third kappa shape index (κ3) is 4.97. The Labute approximate surface area is 300 Å². The highest BCUT2D eigenvalue weighted by Gasteiger charge is 2.15. The van der Waals surface area contributed by atoms with Gasteiger partial charge in [-0.3, -0.25) is 0 Å². The molecule has 0 bridgehead atoms. The summed E-state index contributed by atoms with van der Waals surface area (Å²) in [7, 11) is 0. The van der Waals surface area contributed by atoms with Gasteiger partial charge in [0.25, 0.3) is 0 Å². The van der Waals surface area contributed by atoms with Gasteiger partial charge in [-0.1, -0.05) is 133 Å². The van der Waals surface area contributed by atoms with Gasteiger partial charge in [-0.15, -0.1) is 0 Å². The van der Waals surface area contributed by atoms with Crippen LogP contribution in [0.15, 0.2) is 185 Å². The summed E-state index contributed by atoms with van der Waals surface area (Å²) < 4.78 is 12.7. The Kier molecular flexibility index (Phi) is 6.87. The molecule has 0 aliphatic carbocycles. The van der Waals surface area contributed by atoms with Crippen LogP contribution in [0.3, 0.4) is 0 Å². The molecule has 10 rings (SSSR count). The van der Waals surface area contributed by atoms with E-state index in [9.17, 15) is 5.26 Å². The Hall–Kier alpha value is -7.15. The van der Waals surface area contributed by atoms with Crippen molar-refractivity contribution in [3.63, 3.8) is 0 Å². The fourth-order valence-corrected chi connectivity index (χ4v) is 7.56. The van der Waals surface area contributed by atoms with E-state index in [2.05, 4.69) is 140 Å². The lowest BCUT2D eigenvalue weighted by Crippen LogP contribution is -1.87. The third-order valence-electron chi connectivity index (χ3n) is 10.1. The lowest BCUT2D eigenvalue weighted by atomic mass is 9.93. The van der Waals surface area contributed by atoms with Crippen LogP contribution >= 0.6 is 0 Å². The maximum atomic E-state index is 10.0. The van der Waals surface area contributed by atoms with Crippen molar-refractivity contribution >= 4 is 43.9 Å². The van der Waals surface area contributed by atoms with E-state index in [1.807, 2.05) is 42.5 Å². The Bertz CT molecular complexity index is 3030. The first-order valence-corrected chi connectivity index (χ1v) is 17.4. The molecule has 242 valence electrons. The van der Waals surface area contributed by atoms with E-state index < -0.39 is 0 Å². The first kappa shape index (κ1) is 29.7. The van der Waals surface area contributed by atoms with Gasteiger partial charge >= 0.3 is 0 Å². The summed E-state index contributed by atoms with van der Waals surface area (Å²) in [5, 5.41) is 14.5. The van der Waals surface area contributed by atoms with Gasteiger partial charge in [0.2, 0.25) is 0 Å². The second-order valence-electron chi connectivity index (χ2n) is 13.2. The van der Waals surface area contributed by atoms with E-state index >= 15 is 0 Å². The molecular weight excluding hydrogens is 635 g/mol. The summed E-state index contributed by atoms with van der Waals surface area (Å²) in [6, 6.07) is 63.2. The minimum atomic E-state index is 0.606. The number of nitrogens with zero attached hydrogens (tertiary/aromatic N) is 1. The van der Waals surface area contributed by atoms with Crippen LogP contribution in [0.4, 0.5) is 0 Å². The topological polar surface area (TPSA) is 50.1 Å². The molecule has 2 heterocycles. The number of rotatable bonds is 5. The maximum Gasteiger partial charge on any atom is 0.143 e. The number of furan rings is 2. The standard InChI is InChI=1S/C49H29NO2/c50-30-31-25-38(29-39(26-31)41-16-8-18-45-43-14-2-4-20-47(43)52-49(41)45)36-11-5-9-34(27-36)32-21-23-33(24-22-32)35-10-6-12-37(28-35)40-15-7-17-44-42-13-1-3-19-46(42)51-48(40)44/h1-29H. The summed E-state index contributed by atoms with van der Waals surface area (Å²) in [6.45, 7) is 0. The first-order chi connectivity index (χ1) is 25.7. The first-order valence-electron chi connectivity index (χ1n) is 17.4. The maximum absolute atomic E-state index is 10.0. The van der Waals surface area contributed by atoms with E-state index in [0.717, 1.165) is 99.5 Å². The van der Waals surface area contributed by atoms with E-state index in [0.29, 0.717) is 5.56 Å². The van der Waals surface area contributed by atoms with Crippen molar-refractivity contribution in [3.8, 4) is 61.7 Å². The van der Waals surface area contributed by atoms with Gasteiger partial charge in [0.05, 0.1) is 11.6 Å². The second-order valence-corrected chi connectivity index (χ2v) is 13.2. The Morgan fingerprint density at radius 3 is 1.33 bits per heavy atom. The molecule has 10 aromatic rings. The molecule has 0 aliphatic rings. The average molecular weight is 664 g/mol. The van der Waals surface area contributed by atoms with Crippen molar-refractivity contribution in [2.24, 2.45) is 0 Å². The number of benzene rings is 8. The molecule has 52 heavy (non-hydrogen) atoms. The van der Waals surface area contributed by atoms with Gasteiger partial charge in [0.15, 0.2) is 0 Å². The largest absolute Gasteiger partial charge is 0.455 e. The SMILES string of the molecule is N#Cc1cc(-c2cccc(-c3ccc(-c4cccc(-c5cccc6c5oc5ccccc56)c4)cc3)c2)cc(-c2cccc3c2oc2ccccc23)c1. The molecule has 0 atom stereocenters. The average Bonchev–Trinajstić information content (AvgIpc) is 3.80. The molecule has 0 fully saturated rings. The Morgan fingerprint density at radius 1 is 0.327 bits per heavy atom. The van der Waals surface area contributed by atoms with E-state index in [1.54, 1.807) is 0 Å². The number of para-hydroxylation sites is 4. The molecule has 8 aromatic carbocycles. The molecule has 0 amide bonds. The van der Waals surface area contributed by atoms with Gasteiger partial charge in [0.1, 0.15) is 22.3 Å². The Balaban J connectivity index is 0.981. The van der Waals surface area contributed by atoms with Crippen molar-refractivity contribution < 1.29 is 8.83 Å². The highest BCUT2D eigenvalue weighted by atomic mass is 16.3. The second kappa shape index (κ2) is 12.0. The predicted octanol–water partition coefficient (Wildman–Crippen LogP) is 13.7. The van der Waals surface area contributed by atoms with Crippen LogP contribution in [0, 0.1) is 11.3 Å². The summed E-state index contributed by atoms with van der Waals surface area (Å²) in [6.07, 6.45) is 0. The van der Waals surface area contributed by atoms with Crippen molar-refractivity contribution in [1.82, 2.24) is 0 Å². The van der Waals surface area contributed by atoms with E-state index in [4.69, 9.17) is 8.83 Å². The molecule has 0 saturated carbocycles. The number of hydrogen-bond acceptors (Lipinski definition) is 3. The molecule has 0 radical (unpaired) electrons. The summed E-state index contributed by atoms with van der Waals surface area (Å²) >= 11 is 0. The molecule has 0 aliphatic heterocycles. The molecule has 3 heteroatoms. The van der Waals surface area contributed by atoms with Gasteiger partial charge < -0.3 is 8.83 Å². The molecule has 3 nitrogen and oxygen atoms in total. The van der Waals surface area contributed by atoms with E-state index in [-0.39, 0.29) is 0 Å². The number of fused-ring (bicyclic) bond motifs is 6. The lowest BCUT2D eigenvalue weighted by Gasteiger charge is -2.11. The lowest BCUT2D eigenvalue weighted by molar-refractivity contribution is 0.669. The van der Waals surface area contributed by atoms with Gasteiger partial charge in [-0.25, -0.2) is 0 Å². The van der Waals surface area contributed by atoms with Crippen LogP contribution in [0.5, 0.6) is 0 Å². The van der Waals surface area contributed by atoms with Crippen molar-refractivity contribution in [3.05, 3.63) is 181 Å². The smallest absolute Gasteiger partial charge is 0.143 e. The van der Waals surface area contributed by atoms with Crippen LogP contribution in [0.2, 0.25) is 0 Å². The number of nitriles is 1. The third-order valence-corrected chi connectivity index (χ3v) is 10.1. The van der Waals surface area contributed by atoms with Crippen LogP contribution in [0.1, 0.15) is 5.56 Å². The molecule has 2 aromatic heterocycles. The van der Waals surface area contributed by atoms with Gasteiger partial charge in [-0.2, -0.15) is 5.26 Å². The summed E-state index contributed by atoms with van der Waals surface area (Å²) in [5.41, 5.74) is 14.8. The summed E-state index contributed by atoms with van der Waals surface area (Å²) in [5.74, 6) is 0. The van der Waals surface area contributed by atoms with Crippen LogP contribution in [0.25, 0.3) is 99.5 Å². The highest BCUT2D eigenvalue weighted by Crippen LogP contribution is 2.39. The van der Waals surface area contributed by atoms with Crippen LogP contribution in [-0.4, -0.2) is 0 Å². The van der Waals surface area contributed by atoms with Crippen LogP contribution in [-0.2, 0) is 0 Å². The van der Waals surface area contributed by atoms with Crippen molar-refractivity contribution in [2.45, 2.75) is 0 Å². The molecule has 0 saturated heterocycles.